The SMILES string of the molecule is CC(C)c1cccc(N)c1N.CC(C)c1ccccn1. The van der Waals surface area contributed by atoms with Crippen molar-refractivity contribution in [3.05, 3.63) is 53.9 Å². The summed E-state index contributed by atoms with van der Waals surface area (Å²) in [6, 6.07) is 11.8. The first-order chi connectivity index (χ1) is 9.43. The molecule has 0 spiro atoms. The fourth-order valence-electron chi connectivity index (χ4n) is 1.82. The molecule has 3 heteroatoms. The molecule has 4 N–H and O–H groups in total. The van der Waals surface area contributed by atoms with Gasteiger partial charge in [0.15, 0.2) is 0 Å². The van der Waals surface area contributed by atoms with Gasteiger partial charge in [-0.3, -0.25) is 4.98 Å². The van der Waals surface area contributed by atoms with Crippen molar-refractivity contribution in [1.82, 2.24) is 4.98 Å². The van der Waals surface area contributed by atoms with Crippen LogP contribution in [0, 0.1) is 0 Å². The first kappa shape index (κ1) is 16.0. The monoisotopic (exact) mass is 271 g/mol. The van der Waals surface area contributed by atoms with E-state index in [0.717, 1.165) is 16.9 Å². The summed E-state index contributed by atoms with van der Waals surface area (Å²) in [4.78, 5) is 4.18. The van der Waals surface area contributed by atoms with Gasteiger partial charge in [0.25, 0.3) is 0 Å². The first-order valence-corrected chi connectivity index (χ1v) is 6.98. The molecule has 0 atom stereocenters. The molecular formula is C17H25N3. The van der Waals surface area contributed by atoms with Gasteiger partial charge in [0.05, 0.1) is 11.4 Å². The molecule has 2 rings (SSSR count). The third-order valence-corrected chi connectivity index (χ3v) is 3.07. The Morgan fingerprint density at radius 2 is 1.55 bits per heavy atom. The molecule has 1 aromatic heterocycles. The van der Waals surface area contributed by atoms with E-state index in [9.17, 15) is 0 Å². The fraction of sp³-hybridized carbons (Fsp3) is 0.353. The number of nitrogens with two attached hydrogens (primary N) is 2. The zero-order chi connectivity index (χ0) is 15.1. The Morgan fingerprint density at radius 3 is 1.95 bits per heavy atom. The second-order valence-corrected chi connectivity index (χ2v) is 5.41. The Kier molecular flexibility index (Phi) is 6.04. The Balaban J connectivity index is 0.000000204. The molecular weight excluding hydrogens is 246 g/mol. The second kappa shape index (κ2) is 7.53. The number of aromatic nitrogens is 1. The molecule has 1 aromatic carbocycles. The van der Waals surface area contributed by atoms with Gasteiger partial charge in [-0.25, -0.2) is 0 Å². The van der Waals surface area contributed by atoms with Gasteiger partial charge in [-0.15, -0.1) is 0 Å². The smallest absolute Gasteiger partial charge is 0.0582 e. The van der Waals surface area contributed by atoms with Gasteiger partial charge in [0.2, 0.25) is 0 Å². The zero-order valence-electron chi connectivity index (χ0n) is 12.8. The van der Waals surface area contributed by atoms with Gasteiger partial charge >= 0.3 is 0 Å². The number of anilines is 2. The van der Waals surface area contributed by atoms with E-state index in [2.05, 4.69) is 32.7 Å². The number of para-hydroxylation sites is 1. The average molecular weight is 271 g/mol. The van der Waals surface area contributed by atoms with Crippen LogP contribution >= 0.6 is 0 Å². The van der Waals surface area contributed by atoms with E-state index in [-0.39, 0.29) is 0 Å². The number of nitrogens with zero attached hydrogens (tertiary/aromatic N) is 1. The summed E-state index contributed by atoms with van der Waals surface area (Å²) in [7, 11) is 0. The van der Waals surface area contributed by atoms with Crippen molar-refractivity contribution >= 4 is 11.4 Å². The van der Waals surface area contributed by atoms with Gasteiger partial charge in [-0.1, -0.05) is 45.9 Å². The average Bonchev–Trinajstić information content (AvgIpc) is 2.43. The highest BCUT2D eigenvalue weighted by Crippen LogP contribution is 2.25. The standard InChI is InChI=1S/C9H14N2.C8H11N/c1-6(2)7-4-3-5-8(10)9(7)11;1-7(2)8-5-3-4-6-9-8/h3-6H,10-11H2,1-2H3;3-7H,1-2H3. The minimum Gasteiger partial charge on any atom is -0.397 e. The lowest BCUT2D eigenvalue weighted by Crippen LogP contribution is -2.00. The maximum Gasteiger partial charge on any atom is 0.0582 e. The molecule has 0 unspecified atom stereocenters. The van der Waals surface area contributed by atoms with Crippen LogP contribution in [-0.2, 0) is 0 Å². The third-order valence-electron chi connectivity index (χ3n) is 3.07. The summed E-state index contributed by atoms with van der Waals surface area (Å²) in [5, 5.41) is 0. The Bertz CT molecular complexity index is 519. The van der Waals surface area contributed by atoms with Crippen molar-refractivity contribution < 1.29 is 0 Å². The van der Waals surface area contributed by atoms with E-state index in [4.69, 9.17) is 11.5 Å². The van der Waals surface area contributed by atoms with Gasteiger partial charge in [0.1, 0.15) is 0 Å². The van der Waals surface area contributed by atoms with Crippen LogP contribution in [0.25, 0.3) is 0 Å². The second-order valence-electron chi connectivity index (χ2n) is 5.41. The number of hydrogen-bond acceptors (Lipinski definition) is 3. The van der Waals surface area contributed by atoms with Crippen LogP contribution in [0.15, 0.2) is 42.6 Å². The van der Waals surface area contributed by atoms with Gasteiger partial charge in [-0.2, -0.15) is 0 Å². The molecule has 0 radical (unpaired) electrons. The molecule has 0 fully saturated rings. The van der Waals surface area contributed by atoms with Crippen molar-refractivity contribution in [1.29, 1.82) is 0 Å². The van der Waals surface area contributed by atoms with Crippen LogP contribution in [0.5, 0.6) is 0 Å². The van der Waals surface area contributed by atoms with Crippen LogP contribution in [0.1, 0.15) is 50.8 Å². The highest BCUT2D eigenvalue weighted by molar-refractivity contribution is 5.67. The third kappa shape index (κ3) is 4.57. The minimum atomic E-state index is 0.443. The lowest BCUT2D eigenvalue weighted by Gasteiger charge is -2.10. The number of benzene rings is 1. The maximum atomic E-state index is 5.76. The van der Waals surface area contributed by atoms with Crippen molar-refractivity contribution in [3.63, 3.8) is 0 Å². The van der Waals surface area contributed by atoms with Gasteiger partial charge in [-0.05, 0) is 35.6 Å². The van der Waals surface area contributed by atoms with E-state index in [1.165, 1.54) is 0 Å². The lowest BCUT2D eigenvalue weighted by atomic mass is 10.0. The molecule has 0 amide bonds. The van der Waals surface area contributed by atoms with Crippen LogP contribution < -0.4 is 11.5 Å². The number of pyridine rings is 1. The molecule has 0 saturated carbocycles. The van der Waals surface area contributed by atoms with Crippen molar-refractivity contribution in [2.75, 3.05) is 11.5 Å². The fourth-order valence-corrected chi connectivity index (χ4v) is 1.82. The van der Waals surface area contributed by atoms with Crippen LogP contribution in [0.3, 0.4) is 0 Å². The highest BCUT2D eigenvalue weighted by atomic mass is 14.7. The Labute approximate surface area is 122 Å². The van der Waals surface area contributed by atoms with E-state index in [0.29, 0.717) is 17.5 Å². The molecule has 0 saturated heterocycles. The number of hydrogen-bond donors (Lipinski definition) is 2. The summed E-state index contributed by atoms with van der Waals surface area (Å²) in [6.45, 7) is 8.49. The van der Waals surface area contributed by atoms with Crippen molar-refractivity contribution in [3.8, 4) is 0 Å². The molecule has 0 bridgehead atoms. The summed E-state index contributed by atoms with van der Waals surface area (Å²) < 4.78 is 0. The predicted molar refractivity (Wildman–Crippen MR) is 87.7 cm³/mol. The predicted octanol–water partition coefficient (Wildman–Crippen LogP) is 4.18. The van der Waals surface area contributed by atoms with E-state index < -0.39 is 0 Å². The van der Waals surface area contributed by atoms with Crippen LogP contribution in [-0.4, -0.2) is 4.98 Å². The maximum absolute atomic E-state index is 5.76. The van der Waals surface area contributed by atoms with Crippen LogP contribution in [0.4, 0.5) is 11.4 Å². The molecule has 108 valence electrons. The summed E-state index contributed by atoms with van der Waals surface area (Å²) in [5.74, 6) is 0.990. The number of nitrogen functional groups attached to an aromatic ring is 2. The molecule has 1 heterocycles. The Morgan fingerprint density at radius 1 is 0.850 bits per heavy atom. The zero-order valence-corrected chi connectivity index (χ0v) is 12.8. The molecule has 0 aliphatic heterocycles. The highest BCUT2D eigenvalue weighted by Gasteiger charge is 2.04. The van der Waals surface area contributed by atoms with Crippen molar-refractivity contribution in [2.45, 2.75) is 39.5 Å². The summed E-state index contributed by atoms with van der Waals surface area (Å²) in [5.41, 5.74) is 15.1. The minimum absolute atomic E-state index is 0.443. The van der Waals surface area contributed by atoms with E-state index in [1.54, 1.807) is 0 Å². The van der Waals surface area contributed by atoms with Crippen LogP contribution in [0.2, 0.25) is 0 Å². The normalized spacial score (nSPS) is 10.3. The number of rotatable bonds is 2. The molecule has 20 heavy (non-hydrogen) atoms. The largest absolute Gasteiger partial charge is 0.397 e. The molecule has 0 aliphatic rings. The first-order valence-electron chi connectivity index (χ1n) is 6.98. The molecule has 3 nitrogen and oxygen atoms in total. The summed E-state index contributed by atoms with van der Waals surface area (Å²) in [6.07, 6.45) is 1.83. The lowest BCUT2D eigenvalue weighted by molar-refractivity contribution is 0.823. The van der Waals surface area contributed by atoms with Gasteiger partial charge < -0.3 is 11.5 Å². The topological polar surface area (TPSA) is 64.9 Å². The molecule has 0 aliphatic carbocycles. The van der Waals surface area contributed by atoms with E-state index in [1.807, 2.05) is 42.6 Å². The van der Waals surface area contributed by atoms with Crippen molar-refractivity contribution in [2.24, 2.45) is 0 Å². The van der Waals surface area contributed by atoms with E-state index >= 15 is 0 Å². The Hall–Kier alpha value is -2.03. The quantitative estimate of drug-likeness (QED) is 0.805. The summed E-state index contributed by atoms with van der Waals surface area (Å²) >= 11 is 0. The van der Waals surface area contributed by atoms with Gasteiger partial charge in [0, 0.05) is 11.9 Å². The molecule has 2 aromatic rings.